The van der Waals surface area contributed by atoms with Crippen LogP contribution in [0.4, 0.5) is 0 Å². The number of methoxy groups -OCH3 is 1. The van der Waals surface area contributed by atoms with Crippen molar-refractivity contribution in [1.29, 1.82) is 0 Å². The van der Waals surface area contributed by atoms with Gasteiger partial charge in [0.05, 0.1) is 5.52 Å². The van der Waals surface area contributed by atoms with Gasteiger partial charge in [-0.25, -0.2) is 4.79 Å². The summed E-state index contributed by atoms with van der Waals surface area (Å²) in [6.07, 6.45) is 3.72. The highest BCUT2D eigenvalue weighted by molar-refractivity contribution is 7.17. The number of rotatable bonds is 6. The van der Waals surface area contributed by atoms with Crippen molar-refractivity contribution in [3.05, 3.63) is 32.3 Å². The number of hydrogen-bond donors (Lipinski definition) is 0. The average Bonchev–Trinajstić information content (AvgIpc) is 3.12. The molecule has 0 saturated carbocycles. The number of ether oxygens (including phenoxy) is 1. The molecule has 8 heteroatoms. The van der Waals surface area contributed by atoms with E-state index in [1.807, 2.05) is 4.90 Å². The molecule has 136 valence electrons. The molecule has 0 unspecified atom stereocenters. The Balaban J connectivity index is 1.95. The van der Waals surface area contributed by atoms with Crippen LogP contribution >= 0.6 is 11.3 Å². The van der Waals surface area contributed by atoms with Crippen LogP contribution in [0.1, 0.15) is 25.7 Å². The van der Waals surface area contributed by atoms with Gasteiger partial charge >= 0.3 is 5.69 Å². The summed E-state index contributed by atoms with van der Waals surface area (Å²) in [4.78, 5) is 39.8. The molecule has 0 spiro atoms. The zero-order chi connectivity index (χ0) is 17.8. The molecule has 1 amide bonds. The van der Waals surface area contributed by atoms with Crippen LogP contribution in [-0.4, -0.2) is 46.7 Å². The van der Waals surface area contributed by atoms with E-state index in [0.29, 0.717) is 23.2 Å². The van der Waals surface area contributed by atoms with Crippen LogP contribution in [0.5, 0.6) is 0 Å². The predicted molar refractivity (Wildman–Crippen MR) is 97.3 cm³/mol. The summed E-state index contributed by atoms with van der Waals surface area (Å²) in [5.74, 6) is -0.0589. The Morgan fingerprint density at radius 2 is 1.96 bits per heavy atom. The fourth-order valence-electron chi connectivity index (χ4n) is 3.23. The standard InChI is InChI=1S/C17H23N3O4S/c1-24-10-5-9-19-16(22)15-13(6-11-25-15)20(17(19)23)12-14(21)18-7-3-2-4-8-18/h6,11H,2-5,7-10,12H2,1H3. The molecule has 0 aromatic carbocycles. The number of fused-ring (bicyclic) bond motifs is 1. The van der Waals surface area contributed by atoms with Crippen molar-refractivity contribution in [2.45, 2.75) is 38.8 Å². The highest BCUT2D eigenvalue weighted by Gasteiger charge is 2.20. The van der Waals surface area contributed by atoms with E-state index in [1.54, 1.807) is 18.6 Å². The highest BCUT2D eigenvalue weighted by Crippen LogP contribution is 2.16. The Morgan fingerprint density at radius 1 is 1.20 bits per heavy atom. The van der Waals surface area contributed by atoms with Crippen LogP contribution in [0.25, 0.3) is 10.2 Å². The third-order valence-corrected chi connectivity index (χ3v) is 5.46. The first-order chi connectivity index (χ1) is 12.1. The molecule has 1 aliphatic rings. The lowest BCUT2D eigenvalue weighted by atomic mass is 10.1. The number of hydrogen-bond acceptors (Lipinski definition) is 5. The van der Waals surface area contributed by atoms with Gasteiger partial charge in [0.25, 0.3) is 5.56 Å². The second-order valence-corrected chi connectivity index (χ2v) is 7.16. The van der Waals surface area contributed by atoms with Crippen LogP contribution in [0, 0.1) is 0 Å². The fourth-order valence-corrected chi connectivity index (χ4v) is 4.07. The highest BCUT2D eigenvalue weighted by atomic mass is 32.1. The molecule has 3 rings (SSSR count). The first-order valence-electron chi connectivity index (χ1n) is 8.61. The molecule has 1 saturated heterocycles. The van der Waals surface area contributed by atoms with Gasteiger partial charge in [-0.05, 0) is 37.1 Å². The van der Waals surface area contributed by atoms with Crippen LogP contribution in [-0.2, 0) is 22.6 Å². The molecular weight excluding hydrogens is 342 g/mol. The van der Waals surface area contributed by atoms with E-state index in [4.69, 9.17) is 4.74 Å². The molecule has 2 aromatic heterocycles. The molecule has 0 atom stereocenters. The monoisotopic (exact) mass is 365 g/mol. The summed E-state index contributed by atoms with van der Waals surface area (Å²) in [5.41, 5.74) is -0.154. The maximum atomic E-state index is 12.8. The smallest absolute Gasteiger partial charge is 0.332 e. The summed E-state index contributed by atoms with van der Waals surface area (Å²) >= 11 is 1.30. The lowest BCUT2D eigenvalue weighted by Crippen LogP contribution is -2.44. The Kier molecular flexibility index (Phi) is 5.70. The number of aromatic nitrogens is 2. The SMILES string of the molecule is COCCCn1c(=O)c2sccc2n(CC(=O)N2CCCCC2)c1=O. The van der Waals surface area contributed by atoms with Crippen LogP contribution in [0.2, 0.25) is 0 Å². The molecule has 0 N–H and O–H groups in total. The summed E-state index contributed by atoms with van der Waals surface area (Å²) in [6, 6.07) is 1.74. The molecule has 0 aliphatic carbocycles. The number of carbonyl (C=O) groups is 1. The van der Waals surface area contributed by atoms with Crippen molar-refractivity contribution < 1.29 is 9.53 Å². The lowest BCUT2D eigenvalue weighted by Gasteiger charge is -2.27. The largest absolute Gasteiger partial charge is 0.385 e. The van der Waals surface area contributed by atoms with Gasteiger partial charge in [-0.3, -0.25) is 18.7 Å². The number of nitrogens with zero attached hydrogens (tertiary/aromatic N) is 3. The van der Waals surface area contributed by atoms with Crippen molar-refractivity contribution in [3.8, 4) is 0 Å². The van der Waals surface area contributed by atoms with E-state index < -0.39 is 5.69 Å². The predicted octanol–water partition coefficient (Wildman–Crippen LogP) is 1.27. The second-order valence-electron chi connectivity index (χ2n) is 6.25. The molecule has 25 heavy (non-hydrogen) atoms. The van der Waals surface area contributed by atoms with Crippen LogP contribution in [0.15, 0.2) is 21.0 Å². The summed E-state index contributed by atoms with van der Waals surface area (Å²) in [6.45, 7) is 2.23. The third kappa shape index (κ3) is 3.69. The van der Waals surface area contributed by atoms with E-state index >= 15 is 0 Å². The van der Waals surface area contributed by atoms with Gasteiger partial charge in [-0.15, -0.1) is 11.3 Å². The van der Waals surface area contributed by atoms with E-state index in [-0.39, 0.29) is 24.6 Å². The van der Waals surface area contributed by atoms with Crippen LogP contribution < -0.4 is 11.2 Å². The van der Waals surface area contributed by atoms with Gasteiger partial charge in [0, 0.05) is 33.4 Å². The molecule has 1 aliphatic heterocycles. The first kappa shape index (κ1) is 17.9. The minimum atomic E-state index is -0.419. The van der Waals surface area contributed by atoms with Crippen LogP contribution in [0.3, 0.4) is 0 Å². The van der Waals surface area contributed by atoms with E-state index in [2.05, 4.69) is 0 Å². The van der Waals surface area contributed by atoms with Gasteiger partial charge in [-0.1, -0.05) is 0 Å². The molecule has 3 heterocycles. The number of piperidine rings is 1. The molecule has 1 fully saturated rings. The van der Waals surface area contributed by atoms with Gasteiger partial charge in [-0.2, -0.15) is 0 Å². The van der Waals surface area contributed by atoms with Crippen molar-refractivity contribution in [2.75, 3.05) is 26.8 Å². The third-order valence-electron chi connectivity index (χ3n) is 4.57. The Hall–Kier alpha value is -1.93. The zero-order valence-corrected chi connectivity index (χ0v) is 15.2. The molecule has 2 aromatic rings. The minimum absolute atomic E-state index is 0.0172. The Morgan fingerprint density at radius 3 is 2.68 bits per heavy atom. The van der Waals surface area contributed by atoms with Crippen molar-refractivity contribution in [3.63, 3.8) is 0 Å². The number of carbonyl (C=O) groups excluding carboxylic acids is 1. The normalized spacial score (nSPS) is 15.0. The Labute approximate surface area is 149 Å². The van der Waals surface area contributed by atoms with E-state index in [9.17, 15) is 14.4 Å². The van der Waals surface area contributed by atoms with E-state index in [0.717, 1.165) is 32.4 Å². The van der Waals surface area contributed by atoms with Crippen molar-refractivity contribution in [2.24, 2.45) is 0 Å². The van der Waals surface area contributed by atoms with Crippen molar-refractivity contribution >= 4 is 27.5 Å². The zero-order valence-electron chi connectivity index (χ0n) is 14.4. The topological polar surface area (TPSA) is 73.5 Å². The number of amides is 1. The Bertz CT molecular complexity index is 861. The number of likely N-dealkylation sites (tertiary alicyclic amines) is 1. The van der Waals surface area contributed by atoms with E-state index in [1.165, 1.54) is 20.5 Å². The lowest BCUT2D eigenvalue weighted by molar-refractivity contribution is -0.132. The number of thiophene rings is 1. The fraction of sp³-hybridized carbons (Fsp3) is 0.588. The van der Waals surface area contributed by atoms with Gasteiger partial charge in [0.1, 0.15) is 11.2 Å². The summed E-state index contributed by atoms with van der Waals surface area (Å²) in [7, 11) is 1.58. The van der Waals surface area contributed by atoms with Gasteiger partial charge < -0.3 is 9.64 Å². The minimum Gasteiger partial charge on any atom is -0.385 e. The maximum absolute atomic E-state index is 12.8. The average molecular weight is 365 g/mol. The van der Waals surface area contributed by atoms with Crippen molar-refractivity contribution in [1.82, 2.24) is 14.0 Å². The molecule has 0 radical (unpaired) electrons. The molecule has 0 bridgehead atoms. The second kappa shape index (κ2) is 7.97. The van der Waals surface area contributed by atoms with Gasteiger partial charge in [0.15, 0.2) is 0 Å². The summed E-state index contributed by atoms with van der Waals surface area (Å²) in [5, 5.41) is 1.78. The summed E-state index contributed by atoms with van der Waals surface area (Å²) < 4.78 is 8.19. The molecule has 7 nitrogen and oxygen atoms in total. The van der Waals surface area contributed by atoms with Gasteiger partial charge in [0.2, 0.25) is 5.91 Å². The molecular formula is C17H23N3O4S. The quantitative estimate of drug-likeness (QED) is 0.723. The maximum Gasteiger partial charge on any atom is 0.332 e. The first-order valence-corrected chi connectivity index (χ1v) is 9.49.